The molecule has 0 aliphatic rings. The van der Waals surface area contributed by atoms with Crippen molar-refractivity contribution in [2.75, 3.05) is 12.4 Å². The van der Waals surface area contributed by atoms with Crippen LogP contribution in [0.5, 0.6) is 5.75 Å². The number of benzene rings is 2. The fraction of sp³-hybridized carbons (Fsp3) is 0.0526. The molecule has 0 saturated carbocycles. The number of aromatic nitrogens is 1. The zero-order valence-electron chi connectivity index (χ0n) is 14.0. The molecule has 1 amide bonds. The quantitative estimate of drug-likeness (QED) is 0.466. The maximum atomic E-state index is 12.2. The molecular weight excluding hydrogens is 427 g/mol. The van der Waals surface area contributed by atoms with Gasteiger partial charge in [0, 0.05) is 32.6 Å². The van der Waals surface area contributed by atoms with Crippen molar-refractivity contribution in [2.45, 2.75) is 0 Å². The summed E-state index contributed by atoms with van der Waals surface area (Å²) in [5.74, 6) is 0.120. The molecule has 8 heteroatoms. The molecule has 0 atom stereocenters. The summed E-state index contributed by atoms with van der Waals surface area (Å²) in [6.07, 6.45) is 2.95. The summed E-state index contributed by atoms with van der Waals surface area (Å²) in [5, 5.41) is 6.57. The van der Waals surface area contributed by atoms with Crippen LogP contribution in [0.3, 0.4) is 0 Å². The van der Waals surface area contributed by atoms with Crippen molar-refractivity contribution in [3.63, 3.8) is 0 Å². The van der Waals surface area contributed by atoms with E-state index in [1.54, 1.807) is 30.3 Å². The highest BCUT2D eigenvalue weighted by Gasteiger charge is 2.09. The molecule has 0 unspecified atom stereocenters. The lowest BCUT2D eigenvalue weighted by Gasteiger charge is -2.07. The third-order valence-electron chi connectivity index (χ3n) is 3.53. The van der Waals surface area contributed by atoms with Gasteiger partial charge in [-0.2, -0.15) is 0 Å². The second-order valence-electron chi connectivity index (χ2n) is 5.38. The fourth-order valence-corrected chi connectivity index (χ4v) is 3.75. The van der Waals surface area contributed by atoms with E-state index in [0.29, 0.717) is 31.5 Å². The van der Waals surface area contributed by atoms with Gasteiger partial charge < -0.3 is 4.74 Å². The highest BCUT2D eigenvalue weighted by Crippen LogP contribution is 2.33. The number of thiazole rings is 1. The molecule has 0 bridgehead atoms. The maximum absolute atomic E-state index is 12.2. The van der Waals surface area contributed by atoms with E-state index >= 15 is 0 Å². The van der Waals surface area contributed by atoms with Crippen LogP contribution < -0.4 is 10.1 Å². The highest BCUT2D eigenvalue weighted by atomic mass is 35.5. The summed E-state index contributed by atoms with van der Waals surface area (Å²) in [5.41, 5.74) is 2.29. The van der Waals surface area contributed by atoms with Crippen LogP contribution in [0, 0.1) is 0 Å². The number of anilines is 1. The van der Waals surface area contributed by atoms with Crippen LogP contribution in [-0.2, 0) is 4.79 Å². The van der Waals surface area contributed by atoms with E-state index < -0.39 is 0 Å². The molecule has 0 aliphatic carbocycles. The van der Waals surface area contributed by atoms with Crippen LogP contribution in [0.2, 0.25) is 15.1 Å². The summed E-state index contributed by atoms with van der Waals surface area (Å²) >= 11 is 19.3. The number of amides is 1. The molecule has 0 fully saturated rings. The normalized spacial score (nSPS) is 11.0. The SMILES string of the molecule is COc1c(Cl)cc(Cl)cc1/C=C/C(=O)Nc1nc(-c2ccc(Cl)cc2)cs1. The highest BCUT2D eigenvalue weighted by molar-refractivity contribution is 7.14. The van der Waals surface area contributed by atoms with Gasteiger partial charge in [0.15, 0.2) is 5.13 Å². The number of hydrogen-bond donors (Lipinski definition) is 1. The van der Waals surface area contributed by atoms with Crippen molar-refractivity contribution in [3.05, 3.63) is 68.5 Å². The van der Waals surface area contributed by atoms with Gasteiger partial charge in [0.1, 0.15) is 5.75 Å². The smallest absolute Gasteiger partial charge is 0.250 e. The van der Waals surface area contributed by atoms with Gasteiger partial charge in [0.25, 0.3) is 0 Å². The summed E-state index contributed by atoms with van der Waals surface area (Å²) in [6.45, 7) is 0. The summed E-state index contributed by atoms with van der Waals surface area (Å²) in [6, 6.07) is 10.6. The van der Waals surface area contributed by atoms with Crippen LogP contribution in [0.15, 0.2) is 47.9 Å². The van der Waals surface area contributed by atoms with Crippen LogP contribution in [-0.4, -0.2) is 18.0 Å². The van der Waals surface area contributed by atoms with Gasteiger partial charge >= 0.3 is 0 Å². The third kappa shape index (κ3) is 5.02. The number of carbonyl (C=O) groups excluding carboxylic acids is 1. The van der Waals surface area contributed by atoms with Gasteiger partial charge in [-0.1, -0.05) is 46.9 Å². The van der Waals surface area contributed by atoms with Crippen LogP contribution >= 0.6 is 46.1 Å². The molecule has 0 radical (unpaired) electrons. The molecule has 0 saturated heterocycles. The minimum Gasteiger partial charge on any atom is -0.495 e. The Morgan fingerprint density at radius 3 is 2.59 bits per heavy atom. The van der Waals surface area contributed by atoms with E-state index in [0.717, 1.165) is 11.3 Å². The maximum Gasteiger partial charge on any atom is 0.250 e. The van der Waals surface area contributed by atoms with E-state index in [9.17, 15) is 4.79 Å². The Morgan fingerprint density at radius 1 is 1.15 bits per heavy atom. The number of ether oxygens (including phenoxy) is 1. The summed E-state index contributed by atoms with van der Waals surface area (Å²) in [4.78, 5) is 16.6. The molecule has 27 heavy (non-hydrogen) atoms. The topological polar surface area (TPSA) is 51.2 Å². The van der Waals surface area contributed by atoms with E-state index in [2.05, 4.69) is 10.3 Å². The molecule has 1 aromatic heterocycles. The largest absolute Gasteiger partial charge is 0.495 e. The molecule has 3 aromatic rings. The predicted octanol–water partition coefficient (Wildman–Crippen LogP) is 6.43. The second kappa shape index (κ2) is 8.76. The van der Waals surface area contributed by atoms with Gasteiger partial charge in [-0.25, -0.2) is 4.98 Å². The van der Waals surface area contributed by atoms with E-state index in [-0.39, 0.29) is 5.91 Å². The molecule has 0 aliphatic heterocycles. The monoisotopic (exact) mass is 438 g/mol. The number of methoxy groups -OCH3 is 1. The van der Waals surface area contributed by atoms with Crippen molar-refractivity contribution >= 4 is 63.3 Å². The lowest BCUT2D eigenvalue weighted by Crippen LogP contribution is -2.07. The van der Waals surface area contributed by atoms with Crippen molar-refractivity contribution < 1.29 is 9.53 Å². The second-order valence-corrected chi connectivity index (χ2v) is 7.52. The van der Waals surface area contributed by atoms with Gasteiger partial charge in [0.2, 0.25) is 5.91 Å². The molecule has 2 aromatic carbocycles. The van der Waals surface area contributed by atoms with Crippen molar-refractivity contribution in [1.82, 2.24) is 4.98 Å². The first-order valence-electron chi connectivity index (χ1n) is 7.70. The zero-order chi connectivity index (χ0) is 19.4. The van der Waals surface area contributed by atoms with Crippen molar-refractivity contribution in [1.29, 1.82) is 0 Å². The lowest BCUT2D eigenvalue weighted by molar-refractivity contribution is -0.111. The first-order chi connectivity index (χ1) is 13.0. The van der Waals surface area contributed by atoms with E-state index in [1.165, 1.54) is 24.5 Å². The first kappa shape index (κ1) is 19.7. The molecule has 0 spiro atoms. The first-order valence-corrected chi connectivity index (χ1v) is 9.71. The molecule has 1 N–H and O–H groups in total. The van der Waals surface area contributed by atoms with E-state index in [4.69, 9.17) is 39.5 Å². The van der Waals surface area contributed by atoms with E-state index in [1.807, 2.05) is 17.5 Å². The standard InChI is InChI=1S/C19H13Cl3N2O2S/c1-26-18-12(8-14(21)9-15(18)22)4-7-17(25)24-19-23-16(10-27-19)11-2-5-13(20)6-3-11/h2-10H,1H3,(H,23,24,25)/b7-4+. The average molecular weight is 440 g/mol. The van der Waals surface area contributed by atoms with Gasteiger partial charge in [-0.3, -0.25) is 10.1 Å². The lowest BCUT2D eigenvalue weighted by atomic mass is 10.2. The van der Waals surface area contributed by atoms with Crippen LogP contribution in [0.1, 0.15) is 5.56 Å². The minimum atomic E-state index is -0.329. The van der Waals surface area contributed by atoms with Crippen LogP contribution in [0.25, 0.3) is 17.3 Å². The number of rotatable bonds is 5. The predicted molar refractivity (Wildman–Crippen MR) is 113 cm³/mol. The van der Waals surface area contributed by atoms with Crippen molar-refractivity contribution in [2.24, 2.45) is 0 Å². The Hall–Kier alpha value is -2.05. The molecule has 138 valence electrons. The number of hydrogen-bond acceptors (Lipinski definition) is 4. The molecule has 1 heterocycles. The Balaban J connectivity index is 1.72. The Kier molecular flexibility index (Phi) is 6.39. The van der Waals surface area contributed by atoms with Crippen LogP contribution in [0.4, 0.5) is 5.13 Å². The number of carbonyl (C=O) groups is 1. The molecular formula is C19H13Cl3N2O2S. The fourth-order valence-electron chi connectivity index (χ4n) is 2.32. The third-order valence-corrected chi connectivity index (χ3v) is 5.04. The average Bonchev–Trinajstić information content (AvgIpc) is 3.08. The number of halogens is 3. The number of nitrogens with zero attached hydrogens (tertiary/aromatic N) is 1. The van der Waals surface area contributed by atoms with Gasteiger partial charge in [0.05, 0.1) is 17.8 Å². The Bertz CT molecular complexity index is 1000. The summed E-state index contributed by atoms with van der Waals surface area (Å²) in [7, 11) is 1.50. The Morgan fingerprint density at radius 2 is 1.89 bits per heavy atom. The van der Waals surface area contributed by atoms with Gasteiger partial charge in [-0.15, -0.1) is 11.3 Å². The minimum absolute atomic E-state index is 0.329. The number of nitrogens with one attached hydrogen (secondary N) is 1. The zero-order valence-corrected chi connectivity index (χ0v) is 17.1. The van der Waals surface area contributed by atoms with Gasteiger partial charge in [-0.05, 0) is 30.3 Å². The Labute approximate surface area is 175 Å². The molecule has 3 rings (SSSR count). The van der Waals surface area contributed by atoms with Crippen molar-refractivity contribution in [3.8, 4) is 17.0 Å². The summed E-state index contributed by atoms with van der Waals surface area (Å²) < 4.78 is 5.25. The molecule has 4 nitrogen and oxygen atoms in total.